The van der Waals surface area contributed by atoms with E-state index >= 15 is 0 Å². The van der Waals surface area contributed by atoms with Gasteiger partial charge in [-0.1, -0.05) is 23.7 Å². The molecule has 11 heteroatoms. The molecule has 3 aromatic rings. The normalized spacial score (nSPS) is 13.9. The van der Waals surface area contributed by atoms with Crippen molar-refractivity contribution in [2.75, 3.05) is 6.61 Å². The van der Waals surface area contributed by atoms with Gasteiger partial charge in [-0.3, -0.25) is 10.1 Å². The zero-order chi connectivity index (χ0) is 25.8. The van der Waals surface area contributed by atoms with Crippen molar-refractivity contribution in [2.45, 2.75) is 13.5 Å². The van der Waals surface area contributed by atoms with E-state index in [0.717, 1.165) is 12.7 Å². The Morgan fingerprint density at radius 1 is 1.11 bits per heavy atom. The Morgan fingerprint density at radius 3 is 2.56 bits per heavy atom. The number of aliphatic imine (C=N–C) groups is 1. The molecule has 1 heterocycles. The summed E-state index contributed by atoms with van der Waals surface area (Å²) in [7, 11) is 0. The second-order valence-corrected chi connectivity index (χ2v) is 10.3. The quantitative estimate of drug-likeness (QED) is 0.0834. The second-order valence-electron chi connectivity index (χ2n) is 7.44. The fourth-order valence-electron chi connectivity index (χ4n) is 3.28. The SMILES string of the molecule is CCOc1cc(/C=C2\N=C(c3cc([N+](=O)[O-])ccc3Cl)OC2=O)cc(I)c1OCc1ccc(I)cc1. The van der Waals surface area contributed by atoms with Crippen LogP contribution < -0.4 is 9.47 Å². The molecule has 0 radical (unpaired) electrons. The van der Waals surface area contributed by atoms with Crippen LogP contribution in [0.1, 0.15) is 23.6 Å². The summed E-state index contributed by atoms with van der Waals surface area (Å²) in [5.74, 6) is 0.329. The van der Waals surface area contributed by atoms with E-state index in [1.807, 2.05) is 37.3 Å². The molecule has 0 N–H and O–H groups in total. The topological polar surface area (TPSA) is 100 Å². The number of esters is 1. The van der Waals surface area contributed by atoms with E-state index < -0.39 is 10.9 Å². The number of nitrogens with zero attached hydrogens (tertiary/aromatic N) is 2. The summed E-state index contributed by atoms with van der Waals surface area (Å²) in [5.41, 5.74) is 1.66. The van der Waals surface area contributed by atoms with Gasteiger partial charge < -0.3 is 14.2 Å². The van der Waals surface area contributed by atoms with Crippen molar-refractivity contribution in [1.82, 2.24) is 0 Å². The number of nitro benzene ring substituents is 1. The molecular formula is C25H17ClI2N2O6. The van der Waals surface area contributed by atoms with E-state index in [9.17, 15) is 14.9 Å². The van der Waals surface area contributed by atoms with Gasteiger partial charge in [-0.25, -0.2) is 9.79 Å². The van der Waals surface area contributed by atoms with Crippen molar-refractivity contribution >= 4 is 80.4 Å². The van der Waals surface area contributed by atoms with Gasteiger partial charge >= 0.3 is 5.97 Å². The summed E-state index contributed by atoms with van der Waals surface area (Å²) in [6, 6.07) is 15.5. The molecule has 8 nitrogen and oxygen atoms in total. The molecule has 0 aromatic heterocycles. The number of rotatable bonds is 8. The van der Waals surface area contributed by atoms with Crippen LogP contribution in [0.4, 0.5) is 5.69 Å². The van der Waals surface area contributed by atoms with E-state index in [0.29, 0.717) is 30.3 Å². The van der Waals surface area contributed by atoms with Crippen molar-refractivity contribution in [2.24, 2.45) is 4.99 Å². The van der Waals surface area contributed by atoms with Crippen LogP contribution in [0.5, 0.6) is 11.5 Å². The van der Waals surface area contributed by atoms with Crippen molar-refractivity contribution < 1.29 is 23.9 Å². The third-order valence-electron chi connectivity index (χ3n) is 4.94. The third-order valence-corrected chi connectivity index (χ3v) is 6.79. The Balaban J connectivity index is 1.63. The first-order valence-corrected chi connectivity index (χ1v) is 13.1. The maximum Gasteiger partial charge on any atom is 0.363 e. The summed E-state index contributed by atoms with van der Waals surface area (Å²) in [4.78, 5) is 27.3. The molecule has 0 saturated carbocycles. The lowest BCUT2D eigenvalue weighted by atomic mass is 10.1. The molecule has 3 aromatic carbocycles. The highest BCUT2D eigenvalue weighted by atomic mass is 127. The van der Waals surface area contributed by atoms with Crippen LogP contribution in [0.3, 0.4) is 0 Å². The Morgan fingerprint density at radius 2 is 1.86 bits per heavy atom. The number of carbonyl (C=O) groups excluding carboxylic acids is 1. The summed E-state index contributed by atoms with van der Waals surface area (Å²) in [5, 5.41) is 11.3. The second kappa shape index (κ2) is 11.6. The molecule has 0 spiro atoms. The minimum atomic E-state index is -0.695. The van der Waals surface area contributed by atoms with Gasteiger partial charge in [0, 0.05) is 15.7 Å². The van der Waals surface area contributed by atoms with Gasteiger partial charge in [0.25, 0.3) is 5.69 Å². The molecule has 184 valence electrons. The van der Waals surface area contributed by atoms with Gasteiger partial charge in [0.15, 0.2) is 17.2 Å². The van der Waals surface area contributed by atoms with Crippen molar-refractivity contribution in [1.29, 1.82) is 0 Å². The van der Waals surface area contributed by atoms with Crippen LogP contribution in [0.15, 0.2) is 65.3 Å². The lowest BCUT2D eigenvalue weighted by Gasteiger charge is -2.15. The molecule has 0 fully saturated rings. The number of carbonyl (C=O) groups is 1. The Kier molecular flexibility index (Phi) is 8.46. The number of hydrogen-bond donors (Lipinski definition) is 0. The van der Waals surface area contributed by atoms with Gasteiger partial charge in [-0.05, 0) is 99.6 Å². The zero-order valence-electron chi connectivity index (χ0n) is 18.7. The van der Waals surface area contributed by atoms with E-state index in [-0.39, 0.29) is 27.9 Å². The fourth-order valence-corrected chi connectivity index (χ4v) is 4.62. The minimum Gasteiger partial charge on any atom is -0.490 e. The van der Waals surface area contributed by atoms with E-state index in [1.165, 1.54) is 18.2 Å². The van der Waals surface area contributed by atoms with Crippen molar-refractivity contribution in [3.05, 3.63) is 99.3 Å². The van der Waals surface area contributed by atoms with E-state index in [1.54, 1.807) is 12.1 Å². The maximum atomic E-state index is 12.5. The van der Waals surface area contributed by atoms with Gasteiger partial charge in [-0.15, -0.1) is 0 Å². The number of ether oxygens (including phenoxy) is 3. The Bertz CT molecular complexity index is 1410. The third kappa shape index (κ3) is 6.16. The molecule has 4 rings (SSSR count). The van der Waals surface area contributed by atoms with Crippen molar-refractivity contribution in [3.63, 3.8) is 0 Å². The molecule has 0 bridgehead atoms. The van der Waals surface area contributed by atoms with Gasteiger partial charge in [0.1, 0.15) is 6.61 Å². The largest absolute Gasteiger partial charge is 0.490 e. The number of halogens is 3. The van der Waals surface area contributed by atoms with Crippen LogP contribution >= 0.6 is 56.8 Å². The predicted molar refractivity (Wildman–Crippen MR) is 153 cm³/mol. The van der Waals surface area contributed by atoms with Crippen LogP contribution in [-0.4, -0.2) is 23.4 Å². The monoisotopic (exact) mass is 730 g/mol. The minimum absolute atomic E-state index is 0.0263. The molecule has 1 aliphatic rings. The number of non-ortho nitro benzene ring substituents is 1. The molecule has 0 unspecified atom stereocenters. The highest BCUT2D eigenvalue weighted by Crippen LogP contribution is 2.36. The summed E-state index contributed by atoms with van der Waals surface area (Å²) in [6.07, 6.45) is 1.55. The average Bonchev–Trinajstić information content (AvgIpc) is 3.19. The molecular weight excluding hydrogens is 714 g/mol. The first-order valence-electron chi connectivity index (χ1n) is 10.6. The summed E-state index contributed by atoms with van der Waals surface area (Å²) < 4.78 is 19.1. The fraction of sp³-hybridized carbons (Fsp3) is 0.120. The van der Waals surface area contributed by atoms with E-state index in [2.05, 4.69) is 50.2 Å². The molecule has 0 atom stereocenters. The molecule has 0 saturated heterocycles. The van der Waals surface area contributed by atoms with Gasteiger partial charge in [0.05, 0.1) is 25.7 Å². The Hall–Kier alpha value is -2.71. The van der Waals surface area contributed by atoms with Crippen LogP contribution in [-0.2, 0) is 16.1 Å². The van der Waals surface area contributed by atoms with Crippen LogP contribution in [0.25, 0.3) is 6.08 Å². The number of hydrogen-bond acceptors (Lipinski definition) is 7. The summed E-state index contributed by atoms with van der Waals surface area (Å²) in [6.45, 7) is 2.66. The highest BCUT2D eigenvalue weighted by Gasteiger charge is 2.27. The van der Waals surface area contributed by atoms with E-state index in [4.69, 9.17) is 25.8 Å². The molecule has 0 amide bonds. The summed E-state index contributed by atoms with van der Waals surface area (Å²) >= 11 is 10.6. The lowest BCUT2D eigenvalue weighted by Crippen LogP contribution is -2.06. The number of cyclic esters (lactones) is 1. The Labute approximate surface area is 238 Å². The first-order chi connectivity index (χ1) is 17.2. The van der Waals surface area contributed by atoms with Crippen LogP contribution in [0, 0.1) is 17.3 Å². The highest BCUT2D eigenvalue weighted by molar-refractivity contribution is 14.1. The van der Waals surface area contributed by atoms with Gasteiger partial charge in [0.2, 0.25) is 5.90 Å². The maximum absolute atomic E-state index is 12.5. The van der Waals surface area contributed by atoms with Crippen molar-refractivity contribution in [3.8, 4) is 11.5 Å². The first kappa shape index (κ1) is 26.4. The average molecular weight is 731 g/mol. The van der Waals surface area contributed by atoms with Gasteiger partial charge in [-0.2, -0.15) is 0 Å². The predicted octanol–water partition coefficient (Wildman–Crippen LogP) is 6.78. The molecule has 36 heavy (non-hydrogen) atoms. The molecule has 1 aliphatic heterocycles. The standard InChI is InChI=1S/C25H17ClI2N2O6/c1-2-34-22-11-15(9-20(28)23(22)35-13-14-3-5-16(27)6-4-14)10-21-25(31)36-24(29-21)18-12-17(30(32)33)7-8-19(18)26/h3-12H,2,13H2,1H3/b21-10-. The lowest BCUT2D eigenvalue weighted by molar-refractivity contribution is -0.384. The van der Waals surface area contributed by atoms with Crippen LogP contribution in [0.2, 0.25) is 5.02 Å². The zero-order valence-corrected chi connectivity index (χ0v) is 23.7. The molecule has 0 aliphatic carbocycles. The number of benzene rings is 3. The smallest absolute Gasteiger partial charge is 0.363 e. The number of nitro groups is 1.